The first-order chi connectivity index (χ1) is 16.1. The molecular formula is C27H40N6O. The minimum Gasteiger partial charge on any atom is -0.362 e. The lowest BCUT2D eigenvalue weighted by molar-refractivity contribution is 0.248. The lowest BCUT2D eigenvalue weighted by atomic mass is 9.86. The van der Waals surface area contributed by atoms with Crippen LogP contribution in [-0.4, -0.2) is 42.2 Å². The molecule has 0 spiro atoms. The van der Waals surface area contributed by atoms with Crippen molar-refractivity contribution in [1.29, 1.82) is 0 Å². The summed E-state index contributed by atoms with van der Waals surface area (Å²) in [5, 5.41) is 3.60. The Balaban J connectivity index is 1.43. The molecule has 0 unspecified atom stereocenters. The van der Waals surface area contributed by atoms with Crippen molar-refractivity contribution in [3.63, 3.8) is 0 Å². The van der Waals surface area contributed by atoms with E-state index in [1.54, 1.807) is 4.90 Å². The zero-order valence-electron chi connectivity index (χ0n) is 21.4. The van der Waals surface area contributed by atoms with Gasteiger partial charge in [-0.05, 0) is 74.5 Å². The largest absolute Gasteiger partial charge is 0.362 e. The maximum atomic E-state index is 12.4. The SMILES string of the molecule is CN(C)c1nc(NC2CCC(N(C(N)=O)c3ccc(C(C)(C)C)cc3)CC2)nc2c1CCCC2. The van der Waals surface area contributed by atoms with Crippen molar-refractivity contribution in [2.45, 2.75) is 89.6 Å². The number of amides is 2. The molecule has 0 radical (unpaired) electrons. The summed E-state index contributed by atoms with van der Waals surface area (Å²) in [6.07, 6.45) is 8.19. The second-order valence-electron chi connectivity index (χ2n) is 11.1. The van der Waals surface area contributed by atoms with Crippen LogP contribution in [0.25, 0.3) is 0 Å². The van der Waals surface area contributed by atoms with Gasteiger partial charge in [-0.1, -0.05) is 32.9 Å². The van der Waals surface area contributed by atoms with Crippen molar-refractivity contribution in [1.82, 2.24) is 9.97 Å². The standard InChI is InChI=1S/C27H40N6O/c1-27(2,3)18-10-14-20(15-11-18)33(25(28)34)21-16-12-19(13-17-21)29-26-30-23-9-7-6-8-22(23)24(31-26)32(4)5/h10-11,14-15,19,21H,6-9,12-13,16-17H2,1-5H3,(H2,28,34)(H,29,30,31). The van der Waals surface area contributed by atoms with Gasteiger partial charge >= 0.3 is 6.03 Å². The lowest BCUT2D eigenvalue weighted by Crippen LogP contribution is -2.46. The fraction of sp³-hybridized carbons (Fsp3) is 0.593. The molecule has 1 aromatic heterocycles. The number of nitrogens with zero attached hydrogens (tertiary/aromatic N) is 4. The van der Waals surface area contributed by atoms with Gasteiger partial charge in [0.15, 0.2) is 0 Å². The van der Waals surface area contributed by atoms with Crippen LogP contribution in [0.1, 0.15) is 76.1 Å². The van der Waals surface area contributed by atoms with Crippen LogP contribution >= 0.6 is 0 Å². The number of benzene rings is 1. The van der Waals surface area contributed by atoms with Crippen LogP contribution in [0, 0.1) is 0 Å². The van der Waals surface area contributed by atoms with Gasteiger partial charge < -0.3 is 16.0 Å². The second kappa shape index (κ2) is 9.80. The van der Waals surface area contributed by atoms with Gasteiger partial charge in [-0.2, -0.15) is 4.98 Å². The first-order valence-corrected chi connectivity index (χ1v) is 12.7. The topological polar surface area (TPSA) is 87.4 Å². The van der Waals surface area contributed by atoms with E-state index in [9.17, 15) is 4.79 Å². The molecule has 1 fully saturated rings. The first kappa shape index (κ1) is 24.3. The minimum absolute atomic E-state index is 0.0744. The van der Waals surface area contributed by atoms with Crippen LogP contribution in [0.15, 0.2) is 24.3 Å². The highest BCUT2D eigenvalue weighted by Crippen LogP contribution is 2.32. The summed E-state index contributed by atoms with van der Waals surface area (Å²) in [6, 6.07) is 8.29. The zero-order chi connectivity index (χ0) is 24.5. The van der Waals surface area contributed by atoms with Gasteiger partial charge in [0.2, 0.25) is 5.95 Å². The predicted molar refractivity (Wildman–Crippen MR) is 140 cm³/mol. The van der Waals surface area contributed by atoms with Gasteiger partial charge in [0.1, 0.15) is 5.82 Å². The summed E-state index contributed by atoms with van der Waals surface area (Å²) in [5.74, 6) is 1.77. The van der Waals surface area contributed by atoms with E-state index in [0.29, 0.717) is 6.04 Å². The molecule has 2 aromatic rings. The summed E-state index contributed by atoms with van der Waals surface area (Å²) < 4.78 is 0. The smallest absolute Gasteiger partial charge is 0.319 e. The van der Waals surface area contributed by atoms with Crippen LogP contribution in [0.2, 0.25) is 0 Å². The average Bonchev–Trinajstić information content (AvgIpc) is 2.79. The number of hydrogen-bond acceptors (Lipinski definition) is 5. The van der Waals surface area contributed by atoms with Crippen LogP contribution in [0.3, 0.4) is 0 Å². The molecule has 1 saturated carbocycles. The van der Waals surface area contributed by atoms with Crippen molar-refractivity contribution in [3.05, 3.63) is 41.1 Å². The Morgan fingerprint density at radius 3 is 2.24 bits per heavy atom. The van der Waals surface area contributed by atoms with Crippen molar-refractivity contribution in [2.75, 3.05) is 29.2 Å². The number of nitrogens with one attached hydrogen (secondary N) is 1. The highest BCUT2D eigenvalue weighted by Gasteiger charge is 2.30. The summed E-state index contributed by atoms with van der Waals surface area (Å²) in [6.45, 7) is 6.57. The molecule has 7 heteroatoms. The van der Waals surface area contributed by atoms with E-state index in [4.69, 9.17) is 15.7 Å². The highest BCUT2D eigenvalue weighted by atomic mass is 16.2. The third-order valence-corrected chi connectivity index (χ3v) is 7.23. The summed E-state index contributed by atoms with van der Waals surface area (Å²) in [7, 11) is 4.11. The van der Waals surface area contributed by atoms with Crippen molar-refractivity contribution >= 4 is 23.5 Å². The number of carbonyl (C=O) groups is 1. The number of carbonyl (C=O) groups excluding carboxylic acids is 1. The average molecular weight is 465 g/mol. The van der Waals surface area contributed by atoms with E-state index >= 15 is 0 Å². The molecule has 34 heavy (non-hydrogen) atoms. The van der Waals surface area contributed by atoms with E-state index in [0.717, 1.165) is 56.0 Å². The van der Waals surface area contributed by atoms with Gasteiger partial charge in [-0.3, -0.25) is 4.90 Å². The third-order valence-electron chi connectivity index (χ3n) is 7.23. The van der Waals surface area contributed by atoms with Crippen LogP contribution in [0.4, 0.5) is 22.2 Å². The molecule has 0 aliphatic heterocycles. The molecule has 7 nitrogen and oxygen atoms in total. The fourth-order valence-electron chi connectivity index (χ4n) is 5.31. The monoisotopic (exact) mass is 464 g/mol. The Hall–Kier alpha value is -2.83. The van der Waals surface area contributed by atoms with Gasteiger partial charge in [-0.15, -0.1) is 0 Å². The van der Waals surface area contributed by atoms with Crippen molar-refractivity contribution in [3.8, 4) is 0 Å². The lowest BCUT2D eigenvalue weighted by Gasteiger charge is -2.36. The molecule has 0 bridgehead atoms. The Morgan fingerprint density at radius 2 is 1.65 bits per heavy atom. The van der Waals surface area contributed by atoms with Gasteiger partial charge in [0, 0.05) is 37.4 Å². The molecule has 0 atom stereocenters. The Morgan fingerprint density at radius 1 is 1.00 bits per heavy atom. The third kappa shape index (κ3) is 5.29. The summed E-state index contributed by atoms with van der Waals surface area (Å²) in [5.41, 5.74) is 10.5. The quantitative estimate of drug-likeness (QED) is 0.648. The molecule has 2 aliphatic rings. The molecule has 1 heterocycles. The molecule has 4 rings (SSSR count). The molecule has 184 valence electrons. The molecule has 3 N–H and O–H groups in total. The first-order valence-electron chi connectivity index (χ1n) is 12.7. The van der Waals surface area contributed by atoms with Crippen LogP contribution < -0.4 is 20.9 Å². The van der Waals surface area contributed by atoms with Gasteiger partial charge in [0.05, 0.1) is 5.69 Å². The number of nitrogens with two attached hydrogens (primary N) is 1. The van der Waals surface area contributed by atoms with E-state index in [2.05, 4.69) is 57.2 Å². The zero-order valence-corrected chi connectivity index (χ0v) is 21.4. The van der Waals surface area contributed by atoms with Crippen molar-refractivity contribution < 1.29 is 4.79 Å². The van der Waals surface area contributed by atoms with E-state index in [-0.39, 0.29) is 17.5 Å². The number of fused-ring (bicyclic) bond motifs is 1. The van der Waals surface area contributed by atoms with Gasteiger partial charge in [-0.25, -0.2) is 9.78 Å². The Labute approximate surface area is 204 Å². The molecule has 1 aromatic carbocycles. The summed E-state index contributed by atoms with van der Waals surface area (Å²) in [4.78, 5) is 26.0. The number of rotatable bonds is 5. The van der Waals surface area contributed by atoms with E-state index in [1.807, 2.05) is 12.1 Å². The van der Waals surface area contributed by atoms with E-state index < -0.39 is 0 Å². The van der Waals surface area contributed by atoms with Gasteiger partial charge in [0.25, 0.3) is 0 Å². The second-order valence-corrected chi connectivity index (χ2v) is 11.1. The number of aromatic nitrogens is 2. The van der Waals surface area contributed by atoms with Crippen molar-refractivity contribution in [2.24, 2.45) is 5.73 Å². The molecule has 0 saturated heterocycles. The van der Waals surface area contributed by atoms with E-state index in [1.165, 1.54) is 29.7 Å². The number of hydrogen-bond donors (Lipinski definition) is 2. The number of aryl methyl sites for hydroxylation is 1. The number of urea groups is 1. The summed E-state index contributed by atoms with van der Waals surface area (Å²) >= 11 is 0. The molecular weight excluding hydrogens is 424 g/mol. The Bertz CT molecular complexity index is 1000. The Kier molecular flexibility index (Phi) is 7.01. The molecule has 2 amide bonds. The minimum atomic E-state index is -0.381. The maximum absolute atomic E-state index is 12.4. The maximum Gasteiger partial charge on any atom is 0.319 e. The van der Waals surface area contributed by atoms with Crippen LogP contribution in [0.5, 0.6) is 0 Å². The van der Waals surface area contributed by atoms with Crippen LogP contribution in [-0.2, 0) is 18.3 Å². The predicted octanol–water partition coefficient (Wildman–Crippen LogP) is 5.03. The highest BCUT2D eigenvalue weighted by molar-refractivity contribution is 5.91. The fourth-order valence-corrected chi connectivity index (χ4v) is 5.31. The molecule has 2 aliphatic carbocycles. The number of anilines is 3. The normalized spacial score (nSPS) is 20.4. The number of primary amides is 1.